The maximum absolute atomic E-state index is 13.1. The van der Waals surface area contributed by atoms with Crippen molar-refractivity contribution in [1.29, 1.82) is 0 Å². The summed E-state index contributed by atoms with van der Waals surface area (Å²) in [6.07, 6.45) is 10.3. The standard InChI is InChI=1S/C23H31N5O/c24-18-10-27(11-18)12-19-13-28-20(2-1-3-21(28)26-19)22(29)25-14-23-7-15-4-16(8-23)6-17(5-15)9-23/h1-3,13,15-18H,4-12,14,24H2,(H,25,29). The molecule has 3 heterocycles. The summed E-state index contributed by atoms with van der Waals surface area (Å²) < 4.78 is 1.95. The molecule has 0 unspecified atom stereocenters. The molecule has 1 saturated heterocycles. The molecule has 7 rings (SSSR count). The molecule has 1 aliphatic heterocycles. The van der Waals surface area contributed by atoms with Gasteiger partial charge in [-0.1, -0.05) is 6.07 Å². The summed E-state index contributed by atoms with van der Waals surface area (Å²) in [5.41, 5.74) is 8.76. The number of fused-ring (bicyclic) bond motifs is 1. The highest BCUT2D eigenvalue weighted by Crippen LogP contribution is 2.59. The van der Waals surface area contributed by atoms with Gasteiger partial charge in [0.15, 0.2) is 0 Å². The third kappa shape index (κ3) is 3.17. The van der Waals surface area contributed by atoms with Gasteiger partial charge in [0.25, 0.3) is 5.91 Å². The highest BCUT2D eigenvalue weighted by atomic mass is 16.1. The van der Waals surface area contributed by atoms with E-state index in [1.54, 1.807) is 0 Å². The van der Waals surface area contributed by atoms with E-state index in [0.717, 1.165) is 55.3 Å². The Labute approximate surface area is 171 Å². The fourth-order valence-electron chi connectivity index (χ4n) is 7.16. The zero-order chi connectivity index (χ0) is 19.6. The minimum atomic E-state index is 0.0290. The van der Waals surface area contributed by atoms with Crippen LogP contribution in [0.5, 0.6) is 0 Å². The molecule has 1 amide bonds. The Morgan fingerprint density at radius 1 is 1.14 bits per heavy atom. The van der Waals surface area contributed by atoms with Crippen molar-refractivity contribution in [3.8, 4) is 0 Å². The number of nitrogens with zero attached hydrogens (tertiary/aromatic N) is 3. The lowest BCUT2D eigenvalue weighted by Gasteiger charge is -2.56. The Morgan fingerprint density at radius 2 is 1.83 bits per heavy atom. The summed E-state index contributed by atoms with van der Waals surface area (Å²) in [5, 5.41) is 3.31. The number of hydrogen-bond acceptors (Lipinski definition) is 4. The largest absolute Gasteiger partial charge is 0.350 e. The number of carbonyl (C=O) groups excluding carboxylic acids is 1. The lowest BCUT2D eigenvalue weighted by atomic mass is 9.49. The van der Waals surface area contributed by atoms with Crippen molar-refractivity contribution >= 4 is 11.6 Å². The van der Waals surface area contributed by atoms with Gasteiger partial charge in [-0.25, -0.2) is 4.98 Å². The molecule has 0 radical (unpaired) electrons. The number of imidazole rings is 1. The van der Waals surface area contributed by atoms with E-state index in [4.69, 9.17) is 10.7 Å². The quantitative estimate of drug-likeness (QED) is 0.818. The van der Waals surface area contributed by atoms with Crippen LogP contribution in [0.1, 0.15) is 54.7 Å². The number of pyridine rings is 1. The van der Waals surface area contributed by atoms with Crippen LogP contribution < -0.4 is 11.1 Å². The molecule has 4 bridgehead atoms. The average molecular weight is 394 g/mol. The van der Waals surface area contributed by atoms with Crippen LogP contribution >= 0.6 is 0 Å². The second-order valence-electron chi connectivity index (χ2n) is 10.4. The molecule has 154 valence electrons. The Balaban J connectivity index is 1.17. The topological polar surface area (TPSA) is 75.7 Å². The fourth-order valence-corrected chi connectivity index (χ4v) is 7.16. The zero-order valence-corrected chi connectivity index (χ0v) is 17.0. The number of nitrogens with two attached hydrogens (primary N) is 1. The van der Waals surface area contributed by atoms with Crippen LogP contribution in [-0.2, 0) is 6.54 Å². The van der Waals surface area contributed by atoms with Gasteiger partial charge in [0.05, 0.1) is 5.69 Å². The van der Waals surface area contributed by atoms with Crippen LogP contribution in [-0.4, -0.2) is 45.9 Å². The van der Waals surface area contributed by atoms with Crippen LogP contribution in [0.25, 0.3) is 5.65 Å². The lowest BCUT2D eigenvalue weighted by Crippen LogP contribution is -2.54. The van der Waals surface area contributed by atoms with Crippen LogP contribution in [0, 0.1) is 23.2 Å². The predicted octanol–water partition coefficient (Wildman–Crippen LogP) is 2.42. The van der Waals surface area contributed by atoms with E-state index < -0.39 is 0 Å². The highest BCUT2D eigenvalue weighted by molar-refractivity contribution is 5.93. The van der Waals surface area contributed by atoms with Crippen molar-refractivity contribution in [2.45, 2.75) is 51.1 Å². The van der Waals surface area contributed by atoms with Gasteiger partial charge < -0.3 is 11.1 Å². The van der Waals surface area contributed by atoms with Gasteiger partial charge in [-0.15, -0.1) is 0 Å². The first-order valence-electron chi connectivity index (χ1n) is 11.3. The normalized spacial score (nSPS) is 33.9. The van der Waals surface area contributed by atoms with Gasteiger partial charge in [0, 0.05) is 38.4 Å². The Bertz CT molecular complexity index is 909. The third-order valence-electron chi connectivity index (χ3n) is 7.93. The summed E-state index contributed by atoms with van der Waals surface area (Å²) in [4.78, 5) is 20.1. The molecule has 0 aromatic carbocycles. The average Bonchev–Trinajstić information content (AvgIpc) is 3.06. The summed E-state index contributed by atoms with van der Waals surface area (Å²) in [5.74, 6) is 2.76. The van der Waals surface area contributed by atoms with Crippen molar-refractivity contribution in [3.63, 3.8) is 0 Å². The smallest absolute Gasteiger partial charge is 0.268 e. The second kappa shape index (κ2) is 6.54. The summed E-state index contributed by atoms with van der Waals surface area (Å²) >= 11 is 0. The molecule has 2 aromatic heterocycles. The fraction of sp³-hybridized carbons (Fsp3) is 0.652. The van der Waals surface area contributed by atoms with Gasteiger partial charge in [-0.05, 0) is 73.8 Å². The van der Waals surface area contributed by atoms with Crippen LogP contribution in [0.2, 0.25) is 0 Å². The predicted molar refractivity (Wildman–Crippen MR) is 111 cm³/mol. The molecule has 2 aromatic rings. The van der Waals surface area contributed by atoms with E-state index in [1.807, 2.05) is 28.8 Å². The molecule has 6 nitrogen and oxygen atoms in total. The number of carbonyl (C=O) groups is 1. The molecular weight excluding hydrogens is 362 g/mol. The van der Waals surface area contributed by atoms with Crippen LogP contribution in [0.4, 0.5) is 0 Å². The Hall–Kier alpha value is -1.92. The highest BCUT2D eigenvalue weighted by Gasteiger charge is 2.50. The SMILES string of the molecule is NC1CN(Cc2cn3c(C(=O)NCC45CC6CC(CC(C6)C4)C5)cccc3n2)C1. The molecule has 29 heavy (non-hydrogen) atoms. The van der Waals surface area contributed by atoms with Crippen molar-refractivity contribution in [3.05, 3.63) is 35.8 Å². The number of rotatable bonds is 5. The van der Waals surface area contributed by atoms with Crippen LogP contribution in [0.3, 0.4) is 0 Å². The number of nitrogens with one attached hydrogen (secondary N) is 1. The van der Waals surface area contributed by atoms with Crippen molar-refractivity contribution in [1.82, 2.24) is 19.6 Å². The van der Waals surface area contributed by atoms with Crippen LogP contribution in [0.15, 0.2) is 24.4 Å². The van der Waals surface area contributed by atoms with E-state index in [1.165, 1.54) is 38.5 Å². The Morgan fingerprint density at radius 3 is 2.48 bits per heavy atom. The van der Waals surface area contributed by atoms with Gasteiger partial charge in [0.1, 0.15) is 11.3 Å². The van der Waals surface area contributed by atoms with Crippen molar-refractivity contribution < 1.29 is 4.79 Å². The molecule has 4 aliphatic carbocycles. The van der Waals surface area contributed by atoms with Crippen molar-refractivity contribution in [2.24, 2.45) is 28.9 Å². The van der Waals surface area contributed by atoms with E-state index >= 15 is 0 Å². The molecule has 5 aliphatic rings. The number of likely N-dealkylation sites (tertiary alicyclic amines) is 1. The number of aromatic nitrogens is 2. The van der Waals surface area contributed by atoms with E-state index in [9.17, 15) is 4.79 Å². The third-order valence-corrected chi connectivity index (χ3v) is 7.93. The van der Waals surface area contributed by atoms with E-state index in [-0.39, 0.29) is 11.9 Å². The number of hydrogen-bond donors (Lipinski definition) is 2. The van der Waals surface area contributed by atoms with Gasteiger partial charge in [-0.2, -0.15) is 0 Å². The maximum Gasteiger partial charge on any atom is 0.268 e. The first-order chi connectivity index (χ1) is 14.1. The number of amides is 1. The summed E-state index contributed by atoms with van der Waals surface area (Å²) in [6, 6.07) is 6.11. The molecular formula is C23H31N5O. The summed E-state index contributed by atoms with van der Waals surface area (Å²) in [7, 11) is 0. The monoisotopic (exact) mass is 393 g/mol. The first kappa shape index (κ1) is 17.9. The minimum Gasteiger partial charge on any atom is -0.350 e. The minimum absolute atomic E-state index is 0.0290. The molecule has 5 fully saturated rings. The lowest BCUT2D eigenvalue weighted by molar-refractivity contribution is -0.0503. The molecule has 0 atom stereocenters. The van der Waals surface area contributed by atoms with E-state index in [0.29, 0.717) is 11.1 Å². The first-order valence-corrected chi connectivity index (χ1v) is 11.3. The zero-order valence-electron chi connectivity index (χ0n) is 17.0. The molecule has 3 N–H and O–H groups in total. The molecule has 4 saturated carbocycles. The second-order valence-corrected chi connectivity index (χ2v) is 10.4. The van der Waals surface area contributed by atoms with Gasteiger partial charge >= 0.3 is 0 Å². The molecule has 0 spiro atoms. The maximum atomic E-state index is 13.1. The Kier molecular flexibility index (Phi) is 4.04. The van der Waals surface area contributed by atoms with Gasteiger partial charge in [-0.3, -0.25) is 14.1 Å². The van der Waals surface area contributed by atoms with Gasteiger partial charge in [0.2, 0.25) is 0 Å². The van der Waals surface area contributed by atoms with Crippen molar-refractivity contribution in [2.75, 3.05) is 19.6 Å². The van der Waals surface area contributed by atoms with E-state index in [2.05, 4.69) is 10.2 Å². The molecule has 6 heteroatoms. The summed E-state index contributed by atoms with van der Waals surface area (Å²) in [6.45, 7) is 3.47.